The molecule has 0 saturated carbocycles. The van der Waals surface area contributed by atoms with Crippen LogP contribution in [0.3, 0.4) is 0 Å². The van der Waals surface area contributed by atoms with Crippen molar-refractivity contribution in [3.8, 4) is 0 Å². The molecule has 3 aromatic carbocycles. The van der Waals surface area contributed by atoms with Crippen LogP contribution in [-0.2, 0) is 25.3 Å². The van der Waals surface area contributed by atoms with Crippen molar-refractivity contribution in [2.45, 2.75) is 30.8 Å². The number of carbonyl (C=O) groups excluding carboxylic acids is 1. The fourth-order valence-electron chi connectivity index (χ4n) is 3.61. The van der Waals surface area contributed by atoms with E-state index < -0.39 is 19.4 Å². The highest BCUT2D eigenvalue weighted by atomic mass is 32.2. The molecule has 0 aliphatic rings. The maximum Gasteiger partial charge on any atom is 0.353 e. The molecule has 4 nitrogen and oxygen atoms in total. The molecule has 0 aliphatic heterocycles. The van der Waals surface area contributed by atoms with Gasteiger partial charge in [-0.2, -0.15) is 0 Å². The van der Waals surface area contributed by atoms with Gasteiger partial charge in [0.25, 0.3) is 0 Å². The molecule has 0 spiro atoms. The number of benzene rings is 3. The standard InChI is InChI=1S/C25H28O4PS/c1-3-28-24(26)25(29-4-2,17-20-11-6-5-7-12-20)18-30(27)19-31-23-16-10-14-21-13-8-9-15-22(21)23/h5-16H,3-4,17-19H2,1-2H3/q+1. The second-order valence-corrected chi connectivity index (χ2v) is 10.2. The minimum absolute atomic E-state index is 0.127. The van der Waals surface area contributed by atoms with Crippen LogP contribution in [0.4, 0.5) is 0 Å². The van der Waals surface area contributed by atoms with Gasteiger partial charge in [-0.25, -0.2) is 4.79 Å². The van der Waals surface area contributed by atoms with Crippen LogP contribution in [-0.4, -0.2) is 36.4 Å². The van der Waals surface area contributed by atoms with Crippen LogP contribution < -0.4 is 0 Å². The summed E-state index contributed by atoms with van der Waals surface area (Å²) in [6.45, 7) is 4.21. The smallest absolute Gasteiger partial charge is 0.353 e. The van der Waals surface area contributed by atoms with Crippen LogP contribution in [0.25, 0.3) is 10.8 Å². The van der Waals surface area contributed by atoms with Crippen molar-refractivity contribution in [2.75, 3.05) is 24.9 Å². The van der Waals surface area contributed by atoms with Gasteiger partial charge in [-0.05, 0) is 36.2 Å². The normalized spacial score (nSPS) is 13.5. The highest BCUT2D eigenvalue weighted by molar-refractivity contribution is 8.04. The van der Waals surface area contributed by atoms with Gasteiger partial charge in [0.05, 0.1) is 6.61 Å². The van der Waals surface area contributed by atoms with E-state index in [4.69, 9.17) is 9.47 Å². The van der Waals surface area contributed by atoms with Gasteiger partial charge in [0, 0.05) is 17.9 Å². The van der Waals surface area contributed by atoms with Gasteiger partial charge in [0.15, 0.2) is 11.7 Å². The molecule has 0 saturated heterocycles. The van der Waals surface area contributed by atoms with Crippen molar-refractivity contribution >= 4 is 36.3 Å². The monoisotopic (exact) mass is 455 g/mol. The highest BCUT2D eigenvalue weighted by Crippen LogP contribution is 2.39. The molecule has 0 amide bonds. The first kappa shape index (κ1) is 23.5. The predicted octanol–water partition coefficient (Wildman–Crippen LogP) is 6.30. The molecule has 0 aliphatic carbocycles. The predicted molar refractivity (Wildman–Crippen MR) is 128 cm³/mol. The summed E-state index contributed by atoms with van der Waals surface area (Å²) in [6.07, 6.45) is 0.461. The zero-order valence-corrected chi connectivity index (χ0v) is 19.7. The van der Waals surface area contributed by atoms with Gasteiger partial charge in [0.1, 0.15) is 0 Å². The Kier molecular flexibility index (Phi) is 8.65. The first-order valence-corrected chi connectivity index (χ1v) is 13.1. The summed E-state index contributed by atoms with van der Waals surface area (Å²) < 4.78 is 24.5. The number of fused-ring (bicyclic) bond motifs is 1. The topological polar surface area (TPSA) is 52.6 Å². The number of ether oxygens (including phenoxy) is 2. The van der Waals surface area contributed by atoms with E-state index in [1.54, 1.807) is 18.7 Å². The van der Waals surface area contributed by atoms with Crippen molar-refractivity contribution in [2.24, 2.45) is 0 Å². The lowest BCUT2D eigenvalue weighted by Crippen LogP contribution is -2.47. The molecular formula is C25H28O4PS+. The Balaban J connectivity index is 1.78. The molecule has 31 heavy (non-hydrogen) atoms. The molecule has 0 heterocycles. The maximum absolute atomic E-state index is 13.2. The first-order valence-electron chi connectivity index (χ1n) is 10.5. The van der Waals surface area contributed by atoms with Crippen LogP contribution in [0.5, 0.6) is 0 Å². The summed E-state index contributed by atoms with van der Waals surface area (Å²) in [4.78, 5) is 14.0. The van der Waals surface area contributed by atoms with Crippen molar-refractivity contribution in [1.29, 1.82) is 0 Å². The SMILES string of the molecule is CCOC(=O)C(Cc1ccccc1)(C[P+](=O)CSc1cccc2ccccc12)OCC. The van der Waals surface area contributed by atoms with Gasteiger partial charge in [0.2, 0.25) is 5.60 Å². The Morgan fingerprint density at radius 2 is 1.65 bits per heavy atom. The Hall–Kier alpha value is -2.20. The number of esters is 1. The average Bonchev–Trinajstić information content (AvgIpc) is 2.78. The zero-order valence-electron chi connectivity index (χ0n) is 18.0. The molecule has 0 radical (unpaired) electrons. The lowest BCUT2D eigenvalue weighted by molar-refractivity contribution is -0.168. The molecule has 162 valence electrons. The van der Waals surface area contributed by atoms with E-state index in [1.165, 1.54) is 0 Å². The van der Waals surface area contributed by atoms with Gasteiger partial charge < -0.3 is 9.47 Å². The van der Waals surface area contributed by atoms with E-state index in [-0.39, 0.29) is 12.8 Å². The van der Waals surface area contributed by atoms with E-state index in [0.717, 1.165) is 21.2 Å². The third-order valence-electron chi connectivity index (χ3n) is 4.95. The van der Waals surface area contributed by atoms with E-state index in [2.05, 4.69) is 18.2 Å². The van der Waals surface area contributed by atoms with E-state index in [0.29, 0.717) is 18.5 Å². The van der Waals surface area contributed by atoms with Gasteiger partial charge >= 0.3 is 13.8 Å². The second kappa shape index (κ2) is 11.4. The van der Waals surface area contributed by atoms with Crippen molar-refractivity contribution in [1.82, 2.24) is 0 Å². The Morgan fingerprint density at radius 3 is 2.39 bits per heavy atom. The van der Waals surface area contributed by atoms with Gasteiger partial charge in [-0.15, -0.1) is 0 Å². The lowest BCUT2D eigenvalue weighted by atomic mass is 9.96. The summed E-state index contributed by atoms with van der Waals surface area (Å²) in [5, 5.41) is 2.30. The van der Waals surface area contributed by atoms with Crippen LogP contribution in [0, 0.1) is 0 Å². The molecular weight excluding hydrogens is 427 g/mol. The molecule has 0 bridgehead atoms. The van der Waals surface area contributed by atoms with Crippen molar-refractivity contribution in [3.05, 3.63) is 78.4 Å². The summed E-state index contributed by atoms with van der Waals surface area (Å²) in [5.41, 5.74) is 0.111. The third-order valence-corrected chi connectivity index (χ3v) is 8.14. The molecule has 2 unspecified atom stereocenters. The number of hydrogen-bond acceptors (Lipinski definition) is 5. The van der Waals surface area contributed by atoms with E-state index >= 15 is 0 Å². The van der Waals surface area contributed by atoms with Crippen LogP contribution >= 0.6 is 19.6 Å². The molecule has 0 aromatic heterocycles. The highest BCUT2D eigenvalue weighted by Gasteiger charge is 2.48. The number of carbonyl (C=O) groups is 1. The fraction of sp³-hybridized carbons (Fsp3) is 0.320. The number of rotatable bonds is 11. The van der Waals surface area contributed by atoms with Crippen LogP contribution in [0.1, 0.15) is 19.4 Å². The number of hydrogen-bond donors (Lipinski definition) is 0. The first-order chi connectivity index (χ1) is 15.1. The minimum Gasteiger partial charge on any atom is -0.464 e. The molecule has 2 atom stereocenters. The van der Waals surface area contributed by atoms with Crippen LogP contribution in [0.2, 0.25) is 0 Å². The Morgan fingerprint density at radius 1 is 0.935 bits per heavy atom. The number of thioether (sulfide) groups is 1. The molecule has 6 heteroatoms. The summed E-state index contributed by atoms with van der Waals surface area (Å²) in [6, 6.07) is 24.0. The minimum atomic E-state index is -1.71. The maximum atomic E-state index is 13.2. The molecule has 3 rings (SSSR count). The van der Waals surface area contributed by atoms with E-state index in [9.17, 15) is 9.36 Å². The largest absolute Gasteiger partial charge is 0.464 e. The molecule has 0 N–H and O–H groups in total. The van der Waals surface area contributed by atoms with Gasteiger partial charge in [-0.3, -0.25) is 0 Å². The summed E-state index contributed by atoms with van der Waals surface area (Å²) in [5.74, 6) is -0.445. The Labute approximate surface area is 189 Å². The van der Waals surface area contributed by atoms with E-state index in [1.807, 2.05) is 61.5 Å². The zero-order chi connectivity index (χ0) is 22.1. The van der Waals surface area contributed by atoms with Gasteiger partial charge in [-0.1, -0.05) is 83.1 Å². The Bertz CT molecular complexity index is 1020. The summed E-state index contributed by atoms with van der Waals surface area (Å²) >= 11 is 1.56. The fourth-order valence-corrected chi connectivity index (χ4v) is 6.52. The molecule has 0 fully saturated rings. The average molecular weight is 456 g/mol. The summed E-state index contributed by atoms with van der Waals surface area (Å²) in [7, 11) is -1.71. The van der Waals surface area contributed by atoms with Crippen LogP contribution in [0.15, 0.2) is 77.7 Å². The van der Waals surface area contributed by atoms with Crippen molar-refractivity contribution in [3.63, 3.8) is 0 Å². The lowest BCUT2D eigenvalue weighted by Gasteiger charge is -2.27. The molecule has 3 aromatic rings. The van der Waals surface area contributed by atoms with Crippen molar-refractivity contribution < 1.29 is 18.8 Å². The quantitative estimate of drug-likeness (QED) is 0.193. The third kappa shape index (κ3) is 6.16. The second-order valence-electron chi connectivity index (χ2n) is 7.20.